The number of thioether (sulfide) groups is 2. The van der Waals surface area contributed by atoms with Crippen LogP contribution in [0.15, 0.2) is 48.5 Å². The van der Waals surface area contributed by atoms with E-state index in [0.717, 1.165) is 71.8 Å². The van der Waals surface area contributed by atoms with Crippen molar-refractivity contribution in [1.29, 1.82) is 0 Å². The highest BCUT2D eigenvalue weighted by Crippen LogP contribution is 2.25. The Labute approximate surface area is 250 Å². The molecule has 2 aromatic carbocycles. The molecule has 2 atom stereocenters. The van der Waals surface area contributed by atoms with Crippen molar-refractivity contribution in [2.24, 2.45) is 0 Å². The van der Waals surface area contributed by atoms with Crippen molar-refractivity contribution in [2.75, 3.05) is 13.2 Å². The second-order valence-corrected chi connectivity index (χ2v) is 12.7. The largest absolute Gasteiger partial charge is 0.494 e. The van der Waals surface area contributed by atoms with Gasteiger partial charge in [0.05, 0.1) is 23.7 Å². The molecule has 2 unspecified atom stereocenters. The zero-order chi connectivity index (χ0) is 28.9. The van der Waals surface area contributed by atoms with E-state index in [9.17, 15) is 19.2 Å². The molecule has 2 saturated heterocycles. The van der Waals surface area contributed by atoms with E-state index in [2.05, 4.69) is 10.6 Å². The molecule has 2 aromatic rings. The number of unbranched alkanes of at least 4 members (excludes halogenated alkanes) is 8. The van der Waals surface area contributed by atoms with Crippen LogP contribution in [0.3, 0.4) is 0 Å². The monoisotopic (exact) mass is 598 g/mol. The summed E-state index contributed by atoms with van der Waals surface area (Å²) in [5.41, 5.74) is 2.04. The number of benzene rings is 2. The SMILES string of the molecule is O=C1NC(=O)C(Cc2ccc(OCCCCCCCCCCCOc3ccc(CC4SC(=O)NC4=O)cc3)cc2)S1. The van der Waals surface area contributed by atoms with Gasteiger partial charge < -0.3 is 9.47 Å². The Kier molecular flexibility index (Phi) is 12.4. The fraction of sp³-hybridized carbons (Fsp3) is 0.484. The van der Waals surface area contributed by atoms with Crippen molar-refractivity contribution in [3.8, 4) is 11.5 Å². The predicted molar refractivity (Wildman–Crippen MR) is 163 cm³/mol. The number of imide groups is 2. The minimum Gasteiger partial charge on any atom is -0.494 e. The van der Waals surface area contributed by atoms with Gasteiger partial charge in [-0.15, -0.1) is 0 Å². The van der Waals surface area contributed by atoms with Crippen LogP contribution in [0.1, 0.15) is 68.9 Å². The average molecular weight is 599 g/mol. The summed E-state index contributed by atoms with van der Waals surface area (Å²) in [6, 6.07) is 15.6. The summed E-state index contributed by atoms with van der Waals surface area (Å²) in [5, 5.41) is 3.43. The lowest BCUT2D eigenvalue weighted by atomic mass is 10.1. The molecule has 0 saturated carbocycles. The maximum Gasteiger partial charge on any atom is 0.286 e. The number of ether oxygens (including phenoxy) is 2. The van der Waals surface area contributed by atoms with Crippen LogP contribution in [0.25, 0.3) is 0 Å². The molecule has 4 rings (SSSR count). The quantitative estimate of drug-likeness (QED) is 0.189. The predicted octanol–water partition coefficient (Wildman–Crippen LogP) is 6.44. The summed E-state index contributed by atoms with van der Waals surface area (Å²) in [7, 11) is 0. The van der Waals surface area contributed by atoms with Crippen LogP contribution in [0.4, 0.5) is 9.59 Å². The Morgan fingerprint density at radius 1 is 0.512 bits per heavy atom. The van der Waals surface area contributed by atoms with Gasteiger partial charge in [-0.1, -0.05) is 92.7 Å². The van der Waals surface area contributed by atoms with Crippen LogP contribution in [-0.4, -0.2) is 46.0 Å². The fourth-order valence-electron chi connectivity index (χ4n) is 4.75. The van der Waals surface area contributed by atoms with Gasteiger partial charge in [0.1, 0.15) is 11.5 Å². The lowest BCUT2D eigenvalue weighted by Gasteiger charge is -2.09. The molecule has 2 aliphatic rings. The third-order valence-corrected chi connectivity index (χ3v) is 9.01. The van der Waals surface area contributed by atoms with Gasteiger partial charge in [0, 0.05) is 0 Å². The minimum atomic E-state index is -0.339. The van der Waals surface area contributed by atoms with E-state index in [0.29, 0.717) is 26.1 Å². The van der Waals surface area contributed by atoms with Crippen molar-refractivity contribution in [2.45, 2.75) is 81.1 Å². The van der Waals surface area contributed by atoms with Crippen molar-refractivity contribution in [1.82, 2.24) is 10.6 Å². The molecule has 2 aliphatic heterocycles. The Bertz CT molecular complexity index is 1080. The summed E-state index contributed by atoms with van der Waals surface area (Å²) < 4.78 is 11.7. The van der Waals surface area contributed by atoms with Crippen molar-refractivity contribution in [3.63, 3.8) is 0 Å². The zero-order valence-corrected chi connectivity index (χ0v) is 24.9. The van der Waals surface area contributed by atoms with Gasteiger partial charge in [0.15, 0.2) is 0 Å². The molecule has 41 heavy (non-hydrogen) atoms. The molecular weight excluding hydrogens is 560 g/mol. The molecule has 0 bridgehead atoms. The van der Waals surface area contributed by atoms with Crippen molar-refractivity contribution >= 4 is 45.8 Å². The molecule has 2 heterocycles. The maximum absolute atomic E-state index is 11.7. The molecule has 0 spiro atoms. The van der Waals surface area contributed by atoms with Crippen LogP contribution in [0, 0.1) is 0 Å². The lowest BCUT2D eigenvalue weighted by Crippen LogP contribution is -2.25. The van der Waals surface area contributed by atoms with Crippen molar-refractivity contribution in [3.05, 3.63) is 59.7 Å². The first-order valence-corrected chi connectivity index (χ1v) is 16.2. The Morgan fingerprint density at radius 2 is 0.854 bits per heavy atom. The Morgan fingerprint density at radius 3 is 1.17 bits per heavy atom. The smallest absolute Gasteiger partial charge is 0.286 e. The molecule has 220 valence electrons. The molecule has 4 amide bonds. The third-order valence-electron chi connectivity index (χ3n) is 7.05. The van der Waals surface area contributed by atoms with E-state index in [-0.39, 0.29) is 32.8 Å². The van der Waals surface area contributed by atoms with E-state index in [4.69, 9.17) is 9.47 Å². The number of nitrogens with one attached hydrogen (secondary N) is 2. The first-order chi connectivity index (χ1) is 20.0. The van der Waals surface area contributed by atoms with E-state index >= 15 is 0 Å². The normalized spacial score (nSPS) is 18.4. The Hall–Kier alpha value is -2.98. The summed E-state index contributed by atoms with van der Waals surface area (Å²) in [6.07, 6.45) is 11.7. The molecule has 10 heteroatoms. The highest BCUT2D eigenvalue weighted by atomic mass is 32.2. The van der Waals surface area contributed by atoms with Crippen molar-refractivity contribution < 1.29 is 28.7 Å². The first kappa shape index (κ1) is 31.0. The summed E-state index contributed by atoms with van der Waals surface area (Å²) in [5.74, 6) is 1.25. The van der Waals surface area contributed by atoms with Crippen LogP contribution >= 0.6 is 23.5 Å². The minimum absolute atomic E-state index is 0.209. The van der Waals surface area contributed by atoms with E-state index in [1.807, 2.05) is 48.5 Å². The van der Waals surface area contributed by atoms with Gasteiger partial charge >= 0.3 is 0 Å². The fourth-order valence-corrected chi connectivity index (χ4v) is 6.47. The molecule has 0 aromatic heterocycles. The summed E-state index contributed by atoms with van der Waals surface area (Å²) >= 11 is 2.11. The van der Waals surface area contributed by atoms with E-state index in [1.165, 1.54) is 32.1 Å². The standard InChI is InChI=1S/C31H38N2O6S2/c34-28-26(40-30(36)32-28)20-22-10-14-24(15-11-22)38-18-8-6-4-2-1-3-5-7-9-19-39-25-16-12-23(13-17-25)21-27-29(35)33-31(37)41-27/h10-17,26-27H,1-9,18-21H2,(H,32,34,36)(H,33,35,37). The maximum atomic E-state index is 11.7. The third kappa shape index (κ3) is 10.7. The van der Waals surface area contributed by atoms with E-state index < -0.39 is 0 Å². The van der Waals surface area contributed by atoms with Gasteiger partial charge in [-0.05, 0) is 61.1 Å². The van der Waals surface area contributed by atoms with Gasteiger partial charge in [-0.25, -0.2) is 0 Å². The molecule has 2 N–H and O–H groups in total. The summed E-state index contributed by atoms with van der Waals surface area (Å²) in [4.78, 5) is 46.0. The molecule has 0 aliphatic carbocycles. The van der Waals surface area contributed by atoms with Crippen LogP contribution < -0.4 is 20.1 Å². The number of carbonyl (C=O) groups is 4. The number of amides is 4. The molecular formula is C31H38N2O6S2. The highest BCUT2D eigenvalue weighted by molar-refractivity contribution is 8.15. The number of carbonyl (C=O) groups excluding carboxylic acids is 4. The van der Waals surface area contributed by atoms with Crippen LogP contribution in [-0.2, 0) is 22.4 Å². The molecule has 0 radical (unpaired) electrons. The number of rotatable bonds is 18. The lowest BCUT2D eigenvalue weighted by molar-refractivity contribution is -0.119. The topological polar surface area (TPSA) is 111 Å². The number of hydrogen-bond donors (Lipinski definition) is 2. The van der Waals surface area contributed by atoms with Gasteiger partial charge in [-0.3, -0.25) is 29.8 Å². The molecule has 2 fully saturated rings. The summed E-state index contributed by atoms with van der Waals surface area (Å²) in [6.45, 7) is 1.41. The van der Waals surface area contributed by atoms with Gasteiger partial charge in [0.25, 0.3) is 10.5 Å². The van der Waals surface area contributed by atoms with E-state index in [1.54, 1.807) is 0 Å². The highest BCUT2D eigenvalue weighted by Gasteiger charge is 2.32. The zero-order valence-electron chi connectivity index (χ0n) is 23.2. The second-order valence-electron chi connectivity index (χ2n) is 10.3. The number of hydrogen-bond acceptors (Lipinski definition) is 8. The van der Waals surface area contributed by atoms with Gasteiger partial charge in [-0.2, -0.15) is 0 Å². The van der Waals surface area contributed by atoms with Gasteiger partial charge in [0.2, 0.25) is 11.8 Å². The first-order valence-electron chi connectivity index (χ1n) is 14.4. The van der Waals surface area contributed by atoms with Crippen LogP contribution in [0.5, 0.6) is 11.5 Å². The van der Waals surface area contributed by atoms with Crippen LogP contribution in [0.2, 0.25) is 0 Å². The second kappa shape index (κ2) is 16.5. The average Bonchev–Trinajstić information content (AvgIpc) is 3.45. The Balaban J connectivity index is 0.937. The molecule has 8 nitrogen and oxygen atoms in total.